The minimum atomic E-state index is -0.612. The molecule has 0 spiro atoms. The molecule has 1 aromatic carbocycles. The number of ether oxygens (including phenoxy) is 1. The molecule has 4 nitrogen and oxygen atoms in total. The van der Waals surface area contributed by atoms with Crippen molar-refractivity contribution in [1.29, 1.82) is 0 Å². The number of benzene rings is 1. The van der Waals surface area contributed by atoms with E-state index in [4.69, 9.17) is 4.74 Å². The maximum atomic E-state index is 13.3. The number of carbonyl (C=O) groups excluding carboxylic acids is 2. The van der Waals surface area contributed by atoms with Gasteiger partial charge in [0.05, 0.1) is 7.11 Å². The lowest BCUT2D eigenvalue weighted by atomic mass is 9.49. The number of hydrogen-bond acceptors (Lipinski definition) is 3. The summed E-state index contributed by atoms with van der Waals surface area (Å²) in [6, 6.07) is 7.43. The molecule has 1 aromatic rings. The molecule has 0 heterocycles. The van der Waals surface area contributed by atoms with Crippen LogP contribution in [-0.4, -0.2) is 25.0 Å². The quantitative estimate of drug-likeness (QED) is 0.531. The van der Waals surface area contributed by atoms with Gasteiger partial charge in [0, 0.05) is 15.4 Å². The zero-order valence-electron chi connectivity index (χ0n) is 15.2. The van der Waals surface area contributed by atoms with Crippen molar-refractivity contribution < 1.29 is 14.3 Å². The monoisotopic (exact) mass is 467 g/mol. The molecule has 5 heteroatoms. The van der Waals surface area contributed by atoms with E-state index in [1.165, 1.54) is 26.4 Å². The Morgan fingerprint density at radius 3 is 2.35 bits per heavy atom. The number of esters is 1. The minimum absolute atomic E-state index is 0.0811. The fourth-order valence-corrected chi connectivity index (χ4v) is 6.54. The van der Waals surface area contributed by atoms with E-state index in [0.29, 0.717) is 24.2 Å². The van der Waals surface area contributed by atoms with E-state index in [2.05, 4.69) is 27.9 Å². The van der Waals surface area contributed by atoms with Gasteiger partial charge in [0.25, 0.3) is 0 Å². The van der Waals surface area contributed by atoms with Gasteiger partial charge in [-0.25, -0.2) is 4.79 Å². The summed E-state index contributed by atoms with van der Waals surface area (Å²) in [4.78, 5) is 25.6. The topological polar surface area (TPSA) is 55.4 Å². The Labute approximate surface area is 168 Å². The number of halogens is 1. The van der Waals surface area contributed by atoms with Crippen molar-refractivity contribution in [3.63, 3.8) is 0 Å². The summed E-state index contributed by atoms with van der Waals surface area (Å²) in [5.74, 6) is 1.84. The maximum Gasteiger partial charge on any atom is 0.328 e. The minimum Gasteiger partial charge on any atom is -0.467 e. The van der Waals surface area contributed by atoms with E-state index in [-0.39, 0.29) is 17.3 Å². The summed E-state index contributed by atoms with van der Waals surface area (Å²) < 4.78 is 6.10. The first kappa shape index (κ1) is 18.3. The molecule has 5 rings (SSSR count). The van der Waals surface area contributed by atoms with Crippen LogP contribution in [0.4, 0.5) is 0 Å². The summed E-state index contributed by atoms with van der Waals surface area (Å²) in [7, 11) is 1.39. The fraction of sp³-hybridized carbons (Fsp3) is 0.619. The van der Waals surface area contributed by atoms with Crippen LogP contribution in [0.1, 0.15) is 44.1 Å². The molecule has 140 valence electrons. The first-order chi connectivity index (χ1) is 12.5. The van der Waals surface area contributed by atoms with Crippen LogP contribution < -0.4 is 5.32 Å². The third-order valence-electron chi connectivity index (χ3n) is 6.64. The Morgan fingerprint density at radius 2 is 1.81 bits per heavy atom. The predicted octanol–water partition coefficient (Wildman–Crippen LogP) is 3.71. The van der Waals surface area contributed by atoms with E-state index in [1.807, 2.05) is 24.3 Å². The zero-order valence-corrected chi connectivity index (χ0v) is 17.3. The number of methoxy groups -OCH3 is 1. The van der Waals surface area contributed by atoms with Gasteiger partial charge in [0.1, 0.15) is 6.04 Å². The highest BCUT2D eigenvalue weighted by Gasteiger charge is 2.55. The molecule has 1 N–H and O–H groups in total. The van der Waals surface area contributed by atoms with Crippen molar-refractivity contribution in [2.24, 2.45) is 23.2 Å². The average molecular weight is 467 g/mol. The lowest BCUT2D eigenvalue weighted by molar-refractivity contribution is -0.152. The van der Waals surface area contributed by atoms with Crippen molar-refractivity contribution in [2.75, 3.05) is 7.11 Å². The molecule has 0 radical (unpaired) electrons. The Morgan fingerprint density at radius 1 is 1.19 bits per heavy atom. The molecule has 0 unspecified atom stereocenters. The van der Waals surface area contributed by atoms with Gasteiger partial charge in [0.2, 0.25) is 5.91 Å². The van der Waals surface area contributed by atoms with Crippen molar-refractivity contribution >= 4 is 34.5 Å². The predicted molar refractivity (Wildman–Crippen MR) is 107 cm³/mol. The number of nitrogens with one attached hydrogen (secondary N) is 1. The van der Waals surface area contributed by atoms with Crippen molar-refractivity contribution in [1.82, 2.24) is 5.32 Å². The van der Waals surface area contributed by atoms with Crippen LogP contribution in [0.15, 0.2) is 24.3 Å². The van der Waals surface area contributed by atoms with E-state index >= 15 is 0 Å². The lowest BCUT2D eigenvalue weighted by Crippen LogP contribution is -2.56. The number of amides is 1. The number of rotatable bonds is 5. The Bertz CT molecular complexity index is 682. The largest absolute Gasteiger partial charge is 0.467 e. The van der Waals surface area contributed by atoms with Gasteiger partial charge >= 0.3 is 5.97 Å². The Balaban J connectivity index is 1.50. The van der Waals surface area contributed by atoms with Crippen molar-refractivity contribution in [3.8, 4) is 0 Å². The zero-order chi connectivity index (χ0) is 18.3. The second-order valence-corrected chi connectivity index (χ2v) is 9.83. The lowest BCUT2D eigenvalue weighted by Gasteiger charge is -2.55. The van der Waals surface area contributed by atoms with Gasteiger partial charge in [0.15, 0.2) is 0 Å². The van der Waals surface area contributed by atoms with E-state index < -0.39 is 6.04 Å². The molecule has 1 atom stereocenters. The van der Waals surface area contributed by atoms with Crippen LogP contribution in [-0.2, 0) is 20.7 Å². The third-order valence-corrected chi connectivity index (χ3v) is 7.31. The van der Waals surface area contributed by atoms with Crippen molar-refractivity contribution in [3.05, 3.63) is 33.4 Å². The van der Waals surface area contributed by atoms with E-state index in [0.717, 1.165) is 28.4 Å². The average Bonchev–Trinajstić information content (AvgIpc) is 2.59. The molecule has 0 saturated heterocycles. The third kappa shape index (κ3) is 3.51. The molecule has 0 aliphatic heterocycles. The molecule has 1 amide bonds. The highest BCUT2D eigenvalue weighted by molar-refractivity contribution is 14.1. The summed E-state index contributed by atoms with van der Waals surface area (Å²) in [6.45, 7) is 0. The smallest absolute Gasteiger partial charge is 0.328 e. The molecular weight excluding hydrogens is 441 g/mol. The summed E-state index contributed by atoms with van der Waals surface area (Å²) in [5.41, 5.74) is 0.796. The Hall–Kier alpha value is -1.11. The summed E-state index contributed by atoms with van der Waals surface area (Å²) >= 11 is 2.26. The fourth-order valence-electron chi connectivity index (χ4n) is 5.94. The van der Waals surface area contributed by atoms with Gasteiger partial charge in [-0.05, 0) is 96.6 Å². The molecule has 4 aliphatic carbocycles. The second-order valence-electron chi connectivity index (χ2n) is 8.58. The first-order valence-corrected chi connectivity index (χ1v) is 10.7. The van der Waals surface area contributed by atoms with Crippen molar-refractivity contribution in [2.45, 2.75) is 51.0 Å². The highest BCUT2D eigenvalue weighted by Crippen LogP contribution is 2.60. The van der Waals surface area contributed by atoms with Gasteiger partial charge in [-0.3, -0.25) is 4.79 Å². The molecule has 4 fully saturated rings. The molecule has 0 aromatic heterocycles. The SMILES string of the molecule is COC(=O)[C@H](Cc1cccc(I)c1)NC(=O)C12CC3CC(CC(C3)C1)C2. The van der Waals surface area contributed by atoms with Gasteiger partial charge in [-0.2, -0.15) is 0 Å². The van der Waals surface area contributed by atoms with Gasteiger partial charge in [-0.1, -0.05) is 12.1 Å². The molecule has 4 bridgehead atoms. The van der Waals surface area contributed by atoms with Crippen LogP contribution in [0, 0.1) is 26.7 Å². The second kappa shape index (κ2) is 7.13. The van der Waals surface area contributed by atoms with Crippen LogP contribution in [0.25, 0.3) is 0 Å². The van der Waals surface area contributed by atoms with E-state index in [1.54, 1.807) is 0 Å². The van der Waals surface area contributed by atoms with Gasteiger partial charge < -0.3 is 10.1 Å². The number of carbonyl (C=O) groups is 2. The van der Waals surface area contributed by atoms with E-state index in [9.17, 15) is 9.59 Å². The summed E-state index contributed by atoms with van der Waals surface area (Å²) in [6.07, 6.45) is 7.38. The normalized spacial score (nSPS) is 32.9. The molecule has 4 saturated carbocycles. The number of hydrogen-bond donors (Lipinski definition) is 1. The molecular formula is C21H26INO3. The first-order valence-electron chi connectivity index (χ1n) is 9.61. The maximum absolute atomic E-state index is 13.3. The van der Waals surface area contributed by atoms with Gasteiger partial charge in [-0.15, -0.1) is 0 Å². The summed E-state index contributed by atoms with van der Waals surface area (Å²) in [5, 5.41) is 3.08. The van der Waals surface area contributed by atoms with Crippen LogP contribution in [0.2, 0.25) is 0 Å². The Kier molecular flexibility index (Phi) is 5.01. The molecule has 4 aliphatic rings. The highest BCUT2D eigenvalue weighted by atomic mass is 127. The molecule has 26 heavy (non-hydrogen) atoms. The van der Waals surface area contributed by atoms with Crippen LogP contribution in [0.5, 0.6) is 0 Å². The van der Waals surface area contributed by atoms with Crippen LogP contribution in [0.3, 0.4) is 0 Å². The standard InChI is InChI=1S/C21H26INO3/c1-26-19(24)18(9-13-3-2-4-17(22)8-13)23-20(25)21-10-14-5-15(11-21)7-16(6-14)12-21/h2-4,8,14-16,18H,5-7,9-12H2,1H3,(H,23,25)/t14?,15?,16?,18-,21?/m0/s1. The van der Waals surface area contributed by atoms with Crippen LogP contribution >= 0.6 is 22.6 Å².